The molecular weight excluding hydrogens is 278 g/mol. The molecule has 0 aliphatic heterocycles. The third-order valence-corrected chi connectivity index (χ3v) is 3.61. The topological polar surface area (TPSA) is 59.3 Å². The summed E-state index contributed by atoms with van der Waals surface area (Å²) in [6.07, 6.45) is 5.27. The average Bonchev–Trinajstić information content (AvgIpc) is 2.46. The molecule has 0 aliphatic rings. The minimum absolute atomic E-state index is 0.335. The van der Waals surface area contributed by atoms with Gasteiger partial charge < -0.3 is 5.11 Å². The van der Waals surface area contributed by atoms with Gasteiger partial charge in [-0.1, -0.05) is 42.0 Å². The quantitative estimate of drug-likeness (QED) is 0.943. The van der Waals surface area contributed by atoms with Crippen LogP contribution in [0, 0.1) is 6.92 Å². The minimum Gasteiger partial charge on any atom is -0.480 e. The molecule has 1 N–H and O–H groups in total. The van der Waals surface area contributed by atoms with Gasteiger partial charge in [0.1, 0.15) is 5.54 Å². The van der Waals surface area contributed by atoms with Crippen LogP contribution in [0.15, 0.2) is 47.4 Å². The molecule has 0 bridgehead atoms. The summed E-state index contributed by atoms with van der Waals surface area (Å²) < 4.78 is 1.22. The molecule has 114 valence electrons. The zero-order valence-electron chi connectivity index (χ0n) is 12.9. The fourth-order valence-corrected chi connectivity index (χ4v) is 2.03. The first-order valence-corrected chi connectivity index (χ1v) is 7.02. The van der Waals surface area contributed by atoms with E-state index in [1.165, 1.54) is 36.2 Å². The van der Waals surface area contributed by atoms with Crippen LogP contribution in [0.4, 0.5) is 0 Å². The van der Waals surface area contributed by atoms with E-state index in [1.807, 2.05) is 43.3 Å². The molecule has 4 heteroatoms. The lowest BCUT2D eigenvalue weighted by Crippen LogP contribution is -2.42. The zero-order chi connectivity index (χ0) is 16.3. The van der Waals surface area contributed by atoms with E-state index < -0.39 is 11.5 Å². The molecule has 0 saturated carbocycles. The summed E-state index contributed by atoms with van der Waals surface area (Å²) in [6, 6.07) is 11.2. The van der Waals surface area contributed by atoms with Crippen molar-refractivity contribution in [2.45, 2.75) is 26.3 Å². The van der Waals surface area contributed by atoms with Crippen molar-refractivity contribution in [3.05, 3.63) is 69.6 Å². The highest BCUT2D eigenvalue weighted by molar-refractivity contribution is 5.75. The highest BCUT2D eigenvalue weighted by Crippen LogP contribution is 2.14. The van der Waals surface area contributed by atoms with Gasteiger partial charge in [0.25, 0.3) is 5.56 Å². The van der Waals surface area contributed by atoms with Gasteiger partial charge in [0.15, 0.2) is 0 Å². The van der Waals surface area contributed by atoms with Crippen LogP contribution in [0.5, 0.6) is 0 Å². The summed E-state index contributed by atoms with van der Waals surface area (Å²) in [7, 11) is 0. The Balaban J connectivity index is 2.28. The second kappa shape index (κ2) is 6.02. The van der Waals surface area contributed by atoms with E-state index in [1.54, 1.807) is 6.07 Å². The van der Waals surface area contributed by atoms with Crippen molar-refractivity contribution >= 4 is 18.1 Å². The number of nitrogens with zero attached hydrogens (tertiary/aromatic N) is 1. The largest absolute Gasteiger partial charge is 0.480 e. The van der Waals surface area contributed by atoms with Crippen molar-refractivity contribution in [1.82, 2.24) is 4.57 Å². The molecule has 0 radical (unpaired) electrons. The first-order chi connectivity index (χ1) is 10.3. The Kier molecular flexibility index (Phi) is 4.31. The Morgan fingerprint density at radius 3 is 2.23 bits per heavy atom. The number of carbonyl (C=O) groups is 1. The van der Waals surface area contributed by atoms with Crippen LogP contribution in [-0.2, 0) is 10.3 Å². The fraction of sp³-hybridized carbons (Fsp3) is 0.222. The van der Waals surface area contributed by atoms with Crippen molar-refractivity contribution in [2.75, 3.05) is 0 Å². The van der Waals surface area contributed by atoms with Crippen LogP contribution < -0.4 is 5.56 Å². The Labute approximate surface area is 129 Å². The van der Waals surface area contributed by atoms with Crippen molar-refractivity contribution in [3.8, 4) is 0 Å². The van der Waals surface area contributed by atoms with Crippen molar-refractivity contribution < 1.29 is 9.90 Å². The van der Waals surface area contributed by atoms with Crippen molar-refractivity contribution in [2.24, 2.45) is 0 Å². The summed E-state index contributed by atoms with van der Waals surface area (Å²) in [4.78, 5) is 23.3. The van der Waals surface area contributed by atoms with E-state index in [-0.39, 0.29) is 5.56 Å². The Hall–Kier alpha value is -2.62. The standard InChI is InChI=1S/C18H19NO3/c1-13-4-6-14(7-5-13)8-9-15-10-11-19(16(20)12-15)18(2,3)17(21)22/h4-12H,1-3H3,(H,21,22)/b9-8+. The van der Waals surface area contributed by atoms with E-state index in [2.05, 4.69) is 0 Å². The zero-order valence-corrected chi connectivity index (χ0v) is 12.9. The molecule has 0 unspecified atom stereocenters. The monoisotopic (exact) mass is 297 g/mol. The number of carboxylic acids is 1. The molecule has 1 aromatic heterocycles. The van der Waals surface area contributed by atoms with Gasteiger partial charge in [-0.2, -0.15) is 0 Å². The molecule has 0 spiro atoms. The number of aromatic nitrogens is 1. The molecule has 1 heterocycles. The summed E-state index contributed by atoms with van der Waals surface area (Å²) in [5.74, 6) is -1.04. The van der Waals surface area contributed by atoms with Crippen LogP contribution >= 0.6 is 0 Å². The minimum atomic E-state index is -1.27. The lowest BCUT2D eigenvalue weighted by Gasteiger charge is -2.22. The van der Waals surface area contributed by atoms with E-state index in [4.69, 9.17) is 0 Å². The van der Waals surface area contributed by atoms with E-state index >= 15 is 0 Å². The second-order valence-corrected chi connectivity index (χ2v) is 5.78. The number of carboxylic acid groups (broad SMARTS) is 1. The summed E-state index contributed by atoms with van der Waals surface area (Å²) in [5.41, 5.74) is 1.37. The molecule has 0 fully saturated rings. The number of aryl methyl sites for hydroxylation is 1. The lowest BCUT2D eigenvalue weighted by atomic mass is 10.1. The van der Waals surface area contributed by atoms with Crippen LogP contribution in [-0.4, -0.2) is 15.6 Å². The third-order valence-electron chi connectivity index (χ3n) is 3.61. The Morgan fingerprint density at radius 2 is 1.68 bits per heavy atom. The number of pyridine rings is 1. The number of rotatable bonds is 4. The predicted molar refractivity (Wildman–Crippen MR) is 87.8 cm³/mol. The summed E-state index contributed by atoms with van der Waals surface area (Å²) in [6.45, 7) is 5.02. The van der Waals surface area contributed by atoms with Gasteiger partial charge in [0.2, 0.25) is 0 Å². The SMILES string of the molecule is Cc1ccc(/C=C/c2ccn(C(C)(C)C(=O)O)c(=O)c2)cc1. The average molecular weight is 297 g/mol. The molecule has 22 heavy (non-hydrogen) atoms. The highest BCUT2D eigenvalue weighted by atomic mass is 16.4. The van der Waals surface area contributed by atoms with Gasteiger partial charge in [-0.25, -0.2) is 4.79 Å². The molecule has 0 aliphatic carbocycles. The molecule has 0 amide bonds. The van der Waals surface area contributed by atoms with Crippen LogP contribution in [0.3, 0.4) is 0 Å². The van der Waals surface area contributed by atoms with Crippen LogP contribution in [0.25, 0.3) is 12.2 Å². The first kappa shape index (κ1) is 15.8. The van der Waals surface area contributed by atoms with Crippen molar-refractivity contribution in [1.29, 1.82) is 0 Å². The number of aliphatic carboxylic acids is 1. The molecule has 2 aromatic rings. The maximum Gasteiger partial charge on any atom is 0.329 e. The Bertz CT molecular complexity index is 768. The summed E-state index contributed by atoms with van der Waals surface area (Å²) in [5, 5.41) is 9.19. The number of hydrogen-bond acceptors (Lipinski definition) is 2. The number of benzene rings is 1. The van der Waals surface area contributed by atoms with Crippen molar-refractivity contribution in [3.63, 3.8) is 0 Å². The van der Waals surface area contributed by atoms with Gasteiger partial charge in [-0.15, -0.1) is 0 Å². The van der Waals surface area contributed by atoms with Gasteiger partial charge in [-0.05, 0) is 38.0 Å². The highest BCUT2D eigenvalue weighted by Gasteiger charge is 2.29. The van der Waals surface area contributed by atoms with Gasteiger partial charge in [0.05, 0.1) is 0 Å². The van der Waals surface area contributed by atoms with Gasteiger partial charge in [0, 0.05) is 12.3 Å². The van der Waals surface area contributed by atoms with Gasteiger partial charge >= 0.3 is 5.97 Å². The normalized spacial score (nSPS) is 11.8. The first-order valence-electron chi connectivity index (χ1n) is 7.02. The van der Waals surface area contributed by atoms with E-state index in [0.29, 0.717) is 0 Å². The van der Waals surface area contributed by atoms with Crippen LogP contribution in [0.2, 0.25) is 0 Å². The Morgan fingerprint density at radius 1 is 1.09 bits per heavy atom. The maximum atomic E-state index is 12.1. The molecule has 4 nitrogen and oxygen atoms in total. The molecule has 1 aromatic carbocycles. The van der Waals surface area contributed by atoms with E-state index in [9.17, 15) is 14.7 Å². The second-order valence-electron chi connectivity index (χ2n) is 5.78. The lowest BCUT2D eigenvalue weighted by molar-refractivity contribution is -0.145. The maximum absolute atomic E-state index is 12.1. The third kappa shape index (κ3) is 3.34. The molecule has 0 saturated heterocycles. The fourth-order valence-electron chi connectivity index (χ4n) is 2.03. The molecular formula is C18H19NO3. The molecule has 0 atom stereocenters. The van der Waals surface area contributed by atoms with Crippen LogP contribution in [0.1, 0.15) is 30.5 Å². The number of hydrogen-bond donors (Lipinski definition) is 1. The van der Waals surface area contributed by atoms with E-state index in [0.717, 1.165) is 11.1 Å². The van der Waals surface area contributed by atoms with Gasteiger partial charge in [-0.3, -0.25) is 9.36 Å². The predicted octanol–water partition coefficient (Wildman–Crippen LogP) is 3.15. The smallest absolute Gasteiger partial charge is 0.329 e. The molecule has 2 rings (SSSR count). The summed E-state index contributed by atoms with van der Waals surface area (Å²) >= 11 is 0.